The molecule has 0 aromatic heterocycles. The Labute approximate surface area is 114 Å². The van der Waals surface area contributed by atoms with E-state index in [-0.39, 0.29) is 18.7 Å². The zero-order chi connectivity index (χ0) is 13.0. The SMILES string of the molecule is CC(CO)N(C)C(=O)Nc1ccc(Br)c(Cl)c1. The van der Waals surface area contributed by atoms with Gasteiger partial charge in [0.2, 0.25) is 0 Å². The lowest BCUT2D eigenvalue weighted by atomic mass is 10.3. The first-order chi connectivity index (χ1) is 7.95. The molecular weight excluding hydrogens is 307 g/mol. The molecule has 0 heterocycles. The number of urea groups is 1. The molecule has 4 nitrogen and oxygen atoms in total. The van der Waals surface area contributed by atoms with Crippen LogP contribution in [0.3, 0.4) is 0 Å². The van der Waals surface area contributed by atoms with E-state index in [1.807, 2.05) is 0 Å². The van der Waals surface area contributed by atoms with Crippen molar-refractivity contribution in [1.82, 2.24) is 4.90 Å². The van der Waals surface area contributed by atoms with Gasteiger partial charge in [0.15, 0.2) is 0 Å². The molecule has 1 aromatic carbocycles. The highest BCUT2D eigenvalue weighted by Gasteiger charge is 2.14. The second kappa shape index (κ2) is 6.23. The summed E-state index contributed by atoms with van der Waals surface area (Å²) in [4.78, 5) is 13.2. The van der Waals surface area contributed by atoms with Crippen LogP contribution in [0.5, 0.6) is 0 Å². The maximum Gasteiger partial charge on any atom is 0.321 e. The topological polar surface area (TPSA) is 52.6 Å². The van der Waals surface area contributed by atoms with Gasteiger partial charge in [-0.1, -0.05) is 11.6 Å². The monoisotopic (exact) mass is 320 g/mol. The summed E-state index contributed by atoms with van der Waals surface area (Å²) in [6.45, 7) is 1.68. The van der Waals surface area contributed by atoms with Crippen molar-refractivity contribution < 1.29 is 9.90 Å². The van der Waals surface area contributed by atoms with E-state index in [4.69, 9.17) is 16.7 Å². The number of rotatable bonds is 3. The Hall–Kier alpha value is -0.780. The van der Waals surface area contributed by atoms with E-state index in [0.29, 0.717) is 10.7 Å². The van der Waals surface area contributed by atoms with Crippen LogP contribution in [-0.4, -0.2) is 35.7 Å². The molecular formula is C11H14BrClN2O2. The van der Waals surface area contributed by atoms with Gasteiger partial charge in [-0.05, 0) is 41.1 Å². The Morgan fingerprint density at radius 2 is 2.29 bits per heavy atom. The minimum absolute atomic E-state index is 0.0784. The van der Waals surface area contributed by atoms with Crippen molar-refractivity contribution in [3.05, 3.63) is 27.7 Å². The van der Waals surface area contributed by atoms with E-state index in [2.05, 4.69) is 21.2 Å². The second-order valence-corrected chi connectivity index (χ2v) is 4.96. The van der Waals surface area contributed by atoms with Crippen LogP contribution in [-0.2, 0) is 0 Å². The first-order valence-corrected chi connectivity index (χ1v) is 6.22. The van der Waals surface area contributed by atoms with Crippen molar-refractivity contribution in [1.29, 1.82) is 0 Å². The molecule has 0 radical (unpaired) electrons. The fourth-order valence-corrected chi connectivity index (χ4v) is 1.54. The molecule has 1 unspecified atom stereocenters. The maximum absolute atomic E-state index is 11.8. The zero-order valence-electron chi connectivity index (χ0n) is 9.58. The molecule has 0 aliphatic carbocycles. The van der Waals surface area contributed by atoms with E-state index in [1.165, 1.54) is 4.90 Å². The van der Waals surface area contributed by atoms with E-state index in [9.17, 15) is 4.79 Å². The average molecular weight is 322 g/mol. The number of hydrogen-bond acceptors (Lipinski definition) is 2. The van der Waals surface area contributed by atoms with Crippen LogP contribution in [0, 0.1) is 0 Å². The number of aliphatic hydroxyl groups excluding tert-OH is 1. The normalized spacial score (nSPS) is 12.1. The van der Waals surface area contributed by atoms with Gasteiger partial charge in [0, 0.05) is 17.2 Å². The van der Waals surface area contributed by atoms with Crippen molar-refractivity contribution >= 4 is 39.2 Å². The first-order valence-electron chi connectivity index (χ1n) is 5.05. The van der Waals surface area contributed by atoms with Gasteiger partial charge in [0.05, 0.1) is 17.7 Å². The summed E-state index contributed by atoms with van der Waals surface area (Å²) < 4.78 is 0.772. The molecule has 0 bridgehead atoms. The summed E-state index contributed by atoms with van der Waals surface area (Å²) in [6, 6.07) is 4.63. The molecule has 0 fully saturated rings. The molecule has 1 rings (SSSR count). The highest BCUT2D eigenvalue weighted by molar-refractivity contribution is 9.10. The average Bonchev–Trinajstić information content (AvgIpc) is 2.31. The fourth-order valence-electron chi connectivity index (χ4n) is 1.11. The van der Waals surface area contributed by atoms with E-state index >= 15 is 0 Å². The molecule has 94 valence electrons. The van der Waals surface area contributed by atoms with Gasteiger partial charge in [-0.3, -0.25) is 0 Å². The summed E-state index contributed by atoms with van der Waals surface area (Å²) in [7, 11) is 1.62. The number of aliphatic hydroxyl groups is 1. The number of anilines is 1. The number of likely N-dealkylation sites (N-methyl/N-ethyl adjacent to an activating group) is 1. The summed E-state index contributed by atoms with van der Waals surface area (Å²) in [5, 5.41) is 12.2. The van der Waals surface area contributed by atoms with Crippen molar-refractivity contribution in [2.24, 2.45) is 0 Å². The Kier molecular flexibility index (Phi) is 5.24. The minimum Gasteiger partial charge on any atom is -0.394 e. The van der Waals surface area contributed by atoms with Gasteiger partial charge in [-0.2, -0.15) is 0 Å². The van der Waals surface area contributed by atoms with Crippen molar-refractivity contribution in [3.63, 3.8) is 0 Å². The van der Waals surface area contributed by atoms with Gasteiger partial charge in [-0.25, -0.2) is 4.79 Å². The standard InChI is InChI=1S/C11H14BrClN2O2/c1-7(6-16)15(2)11(17)14-8-3-4-9(12)10(13)5-8/h3-5,7,16H,6H2,1-2H3,(H,14,17). The first kappa shape index (κ1) is 14.3. The number of amides is 2. The van der Waals surface area contributed by atoms with E-state index < -0.39 is 0 Å². The molecule has 0 aliphatic heterocycles. The molecule has 0 aliphatic rings. The smallest absolute Gasteiger partial charge is 0.321 e. The summed E-state index contributed by atoms with van der Waals surface area (Å²) in [5.41, 5.74) is 0.611. The maximum atomic E-state index is 11.8. The zero-order valence-corrected chi connectivity index (χ0v) is 11.9. The molecule has 2 N–H and O–H groups in total. The number of halogens is 2. The van der Waals surface area contributed by atoms with Crippen LogP contribution >= 0.6 is 27.5 Å². The third-order valence-corrected chi connectivity index (χ3v) is 3.65. The van der Waals surface area contributed by atoms with Crippen molar-refractivity contribution in [3.8, 4) is 0 Å². The van der Waals surface area contributed by atoms with Crippen molar-refractivity contribution in [2.75, 3.05) is 19.0 Å². The van der Waals surface area contributed by atoms with Crippen LogP contribution < -0.4 is 5.32 Å². The third kappa shape index (κ3) is 3.87. The van der Waals surface area contributed by atoms with Gasteiger partial charge in [-0.15, -0.1) is 0 Å². The largest absolute Gasteiger partial charge is 0.394 e. The predicted molar refractivity (Wildman–Crippen MR) is 72.5 cm³/mol. The Morgan fingerprint density at radius 1 is 1.65 bits per heavy atom. The molecule has 0 saturated carbocycles. The van der Waals surface area contributed by atoms with Gasteiger partial charge in [0.1, 0.15) is 0 Å². The van der Waals surface area contributed by atoms with Crippen LogP contribution in [0.25, 0.3) is 0 Å². The number of nitrogens with zero attached hydrogens (tertiary/aromatic N) is 1. The molecule has 1 atom stereocenters. The molecule has 6 heteroatoms. The lowest BCUT2D eigenvalue weighted by Gasteiger charge is -2.23. The number of hydrogen-bond donors (Lipinski definition) is 2. The fraction of sp³-hybridized carbons (Fsp3) is 0.364. The van der Waals surface area contributed by atoms with E-state index in [0.717, 1.165) is 4.47 Å². The van der Waals surface area contributed by atoms with E-state index in [1.54, 1.807) is 32.2 Å². The molecule has 0 spiro atoms. The number of carbonyl (C=O) groups excluding carboxylic acids is 1. The van der Waals surface area contributed by atoms with Crippen molar-refractivity contribution in [2.45, 2.75) is 13.0 Å². The lowest BCUT2D eigenvalue weighted by molar-refractivity contribution is 0.166. The van der Waals surface area contributed by atoms with Crippen LogP contribution in [0.2, 0.25) is 5.02 Å². The van der Waals surface area contributed by atoms with Gasteiger partial charge >= 0.3 is 6.03 Å². The minimum atomic E-state index is -0.287. The Balaban J connectivity index is 2.71. The van der Waals surface area contributed by atoms with Crippen LogP contribution in [0.4, 0.5) is 10.5 Å². The lowest BCUT2D eigenvalue weighted by Crippen LogP contribution is -2.40. The van der Waals surface area contributed by atoms with Crippen LogP contribution in [0.1, 0.15) is 6.92 Å². The predicted octanol–water partition coefficient (Wildman–Crippen LogP) is 2.95. The molecule has 1 aromatic rings. The highest BCUT2D eigenvalue weighted by Crippen LogP contribution is 2.25. The van der Waals surface area contributed by atoms with Gasteiger partial charge < -0.3 is 15.3 Å². The summed E-state index contributed by atoms with van der Waals surface area (Å²) in [5.74, 6) is 0. The van der Waals surface area contributed by atoms with Gasteiger partial charge in [0.25, 0.3) is 0 Å². The molecule has 2 amide bonds. The summed E-state index contributed by atoms with van der Waals surface area (Å²) >= 11 is 9.19. The number of carbonyl (C=O) groups is 1. The Bertz CT molecular complexity index is 414. The highest BCUT2D eigenvalue weighted by atomic mass is 79.9. The van der Waals surface area contributed by atoms with Crippen LogP contribution in [0.15, 0.2) is 22.7 Å². The molecule has 17 heavy (non-hydrogen) atoms. The quantitative estimate of drug-likeness (QED) is 0.899. The number of nitrogens with one attached hydrogen (secondary N) is 1. The second-order valence-electron chi connectivity index (χ2n) is 3.70. The Morgan fingerprint density at radius 3 is 2.82 bits per heavy atom. The third-order valence-electron chi connectivity index (χ3n) is 2.42. The number of benzene rings is 1. The molecule has 0 saturated heterocycles. The summed E-state index contributed by atoms with van der Waals surface area (Å²) in [6.07, 6.45) is 0.